The van der Waals surface area contributed by atoms with Gasteiger partial charge in [0, 0.05) is 100 Å². The van der Waals surface area contributed by atoms with E-state index in [9.17, 15) is 19.5 Å². The number of rotatable bonds is 27. The Morgan fingerprint density at radius 3 is 2.11 bits per heavy atom. The molecule has 7 rings (SSSR count). The van der Waals surface area contributed by atoms with E-state index in [1.807, 2.05) is 6.07 Å². The quantitative estimate of drug-likeness (QED) is 0.0317. The van der Waals surface area contributed by atoms with Gasteiger partial charge in [0.25, 0.3) is 5.91 Å². The smallest absolute Gasteiger partial charge is 0.408 e. The maximum Gasteiger partial charge on any atom is 0.408 e. The number of aromatic hydroxyl groups is 1. The average molecular weight is 964 g/mol. The van der Waals surface area contributed by atoms with Crippen molar-refractivity contribution < 1.29 is 43.2 Å². The first-order chi connectivity index (χ1) is 34.2. The van der Waals surface area contributed by atoms with Gasteiger partial charge in [0.15, 0.2) is 12.3 Å². The Bertz CT molecular complexity index is 2670. The fourth-order valence-electron chi connectivity index (χ4n) is 7.22. The highest BCUT2D eigenvalue weighted by atomic mass is 16.6. The highest BCUT2D eigenvalue weighted by Crippen LogP contribution is 2.32. The number of terminal acetylenes is 1. The molecular weight excluding hydrogens is 907 g/mol. The van der Waals surface area contributed by atoms with Crippen LogP contribution in [0, 0.1) is 12.3 Å². The number of nitrogens with two attached hydrogens (primary N) is 1. The number of nitrogens with one attached hydrogen (secondary N) is 4. The molecule has 24 heteroatoms. The number of nitrogen functional groups attached to an aromatic ring is 1. The molecule has 70 heavy (non-hydrogen) atoms. The van der Waals surface area contributed by atoms with Crippen molar-refractivity contribution in [3.05, 3.63) is 66.5 Å². The molecule has 5 aromatic heterocycles. The number of phenols is 1. The maximum atomic E-state index is 13.0. The van der Waals surface area contributed by atoms with Gasteiger partial charge in [-0.2, -0.15) is 5.10 Å². The first kappa shape index (κ1) is 50.2. The van der Waals surface area contributed by atoms with Gasteiger partial charge in [-0.25, -0.2) is 39.4 Å². The van der Waals surface area contributed by atoms with Crippen LogP contribution in [0.4, 0.5) is 22.5 Å². The molecule has 0 saturated carbocycles. The zero-order valence-corrected chi connectivity index (χ0v) is 38.7. The van der Waals surface area contributed by atoms with Crippen LogP contribution in [0.1, 0.15) is 35.2 Å². The monoisotopic (exact) mass is 963 g/mol. The van der Waals surface area contributed by atoms with Gasteiger partial charge in [0.1, 0.15) is 23.6 Å². The standard InChI is InChI=1S/C46H57N15O9/c1-2-15-70-46(65)49-9-17-67-19-21-69-23-22-68-20-18-66-16-7-38(63)50-26-32-27-51-44(52-28-32)59-11-13-60(14-12-59)45-53-29-34(30-54-45)43(64)48-8-3-4-10-61-42-39(41(47)55-31-56-42)40(58-61)37-25-33-24-35(62)5-6-36(33)57-37/h1,5-6,24-25,27-31,57,62H,3-4,7-23,26H2,(H,48,64)(H,49,65)(H,50,63)(H2,47,55,56). The number of aromatic nitrogens is 9. The summed E-state index contributed by atoms with van der Waals surface area (Å²) >= 11 is 0. The number of anilines is 3. The number of phenolic OH excluding ortho intramolecular Hbond substituents is 1. The van der Waals surface area contributed by atoms with Gasteiger partial charge in [-0.15, -0.1) is 6.42 Å². The Morgan fingerprint density at radius 2 is 1.43 bits per heavy atom. The number of hydrogen-bond donors (Lipinski definition) is 6. The van der Waals surface area contributed by atoms with Crippen molar-refractivity contribution in [3.8, 4) is 29.5 Å². The summed E-state index contributed by atoms with van der Waals surface area (Å²) in [5, 5.41) is 24.6. The number of benzene rings is 1. The second-order valence-electron chi connectivity index (χ2n) is 15.8. The first-order valence-electron chi connectivity index (χ1n) is 22.9. The summed E-state index contributed by atoms with van der Waals surface area (Å²) in [6.45, 7) is 6.97. The number of nitrogens with zero attached hydrogens (tertiary/aromatic N) is 10. The average Bonchev–Trinajstić information content (AvgIpc) is 3.98. The molecule has 6 heterocycles. The Labute approximate surface area is 403 Å². The predicted octanol–water partition coefficient (Wildman–Crippen LogP) is 1.81. The predicted molar refractivity (Wildman–Crippen MR) is 257 cm³/mol. The van der Waals surface area contributed by atoms with Crippen molar-refractivity contribution in [1.82, 2.24) is 60.6 Å². The summed E-state index contributed by atoms with van der Waals surface area (Å²) in [5.41, 5.74) is 10.2. The maximum absolute atomic E-state index is 13.0. The van der Waals surface area contributed by atoms with Crippen LogP contribution in [0.5, 0.6) is 5.75 Å². The number of amides is 3. The molecule has 0 atom stereocenters. The number of aryl methyl sites for hydroxylation is 1. The van der Waals surface area contributed by atoms with Crippen LogP contribution in [-0.4, -0.2) is 166 Å². The highest BCUT2D eigenvalue weighted by Gasteiger charge is 2.22. The zero-order chi connectivity index (χ0) is 48.9. The molecule has 3 amide bonds. The van der Waals surface area contributed by atoms with Gasteiger partial charge in [0.05, 0.1) is 69.5 Å². The highest BCUT2D eigenvalue weighted by molar-refractivity contribution is 6.00. The van der Waals surface area contributed by atoms with Crippen LogP contribution in [0.15, 0.2) is 55.4 Å². The van der Waals surface area contributed by atoms with E-state index in [-0.39, 0.29) is 37.2 Å². The normalized spacial score (nSPS) is 12.6. The number of piperazine rings is 1. The fourth-order valence-corrected chi connectivity index (χ4v) is 7.22. The molecule has 0 unspecified atom stereocenters. The molecule has 7 N–H and O–H groups in total. The molecule has 1 aromatic carbocycles. The lowest BCUT2D eigenvalue weighted by Gasteiger charge is -2.34. The molecule has 0 aliphatic carbocycles. The van der Waals surface area contributed by atoms with Gasteiger partial charge >= 0.3 is 6.09 Å². The summed E-state index contributed by atoms with van der Waals surface area (Å²) in [7, 11) is 0. The molecule has 24 nitrogen and oxygen atoms in total. The number of aromatic amines is 1. The topological polar surface area (TPSA) is 297 Å². The molecule has 0 bridgehead atoms. The number of ether oxygens (including phenoxy) is 5. The van der Waals surface area contributed by atoms with E-state index in [2.05, 4.69) is 71.3 Å². The summed E-state index contributed by atoms with van der Waals surface area (Å²) < 4.78 is 28.2. The second kappa shape index (κ2) is 26.1. The molecular formula is C46H57N15O9. The van der Waals surface area contributed by atoms with Crippen LogP contribution in [-0.2, 0) is 41.6 Å². The molecule has 1 saturated heterocycles. The largest absolute Gasteiger partial charge is 0.508 e. The first-order valence-corrected chi connectivity index (χ1v) is 22.9. The Kier molecular flexibility index (Phi) is 18.7. The molecule has 0 radical (unpaired) electrons. The van der Waals surface area contributed by atoms with E-state index in [0.29, 0.717) is 151 Å². The minimum absolute atomic E-state index is 0.0772. The summed E-state index contributed by atoms with van der Waals surface area (Å²) in [6.07, 6.45) is 13.9. The number of H-pyrrole nitrogens is 1. The van der Waals surface area contributed by atoms with Crippen molar-refractivity contribution in [2.24, 2.45) is 0 Å². The minimum Gasteiger partial charge on any atom is -0.508 e. The van der Waals surface area contributed by atoms with Crippen LogP contribution in [0.2, 0.25) is 0 Å². The van der Waals surface area contributed by atoms with Gasteiger partial charge in [-0.05, 0) is 37.1 Å². The Morgan fingerprint density at radius 1 is 0.771 bits per heavy atom. The number of unbranched alkanes of at least 4 members (excludes halogenated alkanes) is 1. The number of alkyl carbamates (subject to hydrolysis) is 1. The van der Waals surface area contributed by atoms with Crippen molar-refractivity contribution in [3.63, 3.8) is 0 Å². The second-order valence-corrected chi connectivity index (χ2v) is 15.8. The molecule has 1 aliphatic rings. The van der Waals surface area contributed by atoms with Crippen LogP contribution in [0.25, 0.3) is 33.3 Å². The fraction of sp³-hybridized carbons (Fsp3) is 0.435. The molecule has 1 aliphatic heterocycles. The van der Waals surface area contributed by atoms with E-state index >= 15 is 0 Å². The van der Waals surface area contributed by atoms with Crippen molar-refractivity contribution in [2.75, 3.05) is 114 Å². The van der Waals surface area contributed by atoms with Gasteiger partial charge in [0.2, 0.25) is 17.8 Å². The van der Waals surface area contributed by atoms with Crippen molar-refractivity contribution in [2.45, 2.75) is 32.4 Å². The Hall–Kier alpha value is -7.72. The van der Waals surface area contributed by atoms with E-state index in [1.54, 1.807) is 35.3 Å². The molecule has 370 valence electrons. The lowest BCUT2D eigenvalue weighted by molar-refractivity contribution is -0.122. The number of carbonyl (C=O) groups is 3. The summed E-state index contributed by atoms with van der Waals surface area (Å²) in [4.78, 5) is 70.6. The number of fused-ring (bicyclic) bond motifs is 2. The van der Waals surface area contributed by atoms with E-state index in [1.165, 1.54) is 18.7 Å². The number of carbonyl (C=O) groups excluding carboxylic acids is 3. The summed E-state index contributed by atoms with van der Waals surface area (Å²) in [5.74, 6) is 3.42. The molecule has 0 spiro atoms. The summed E-state index contributed by atoms with van der Waals surface area (Å²) in [6, 6.07) is 7.01. The molecule has 6 aromatic rings. The zero-order valence-electron chi connectivity index (χ0n) is 38.7. The number of hydrogen-bond acceptors (Lipinski definition) is 19. The third-order valence-electron chi connectivity index (χ3n) is 10.8. The van der Waals surface area contributed by atoms with Gasteiger partial charge in [-0.3, -0.25) is 9.59 Å². The van der Waals surface area contributed by atoms with Gasteiger partial charge < -0.3 is 65.3 Å². The molecule has 1 fully saturated rings. The van der Waals surface area contributed by atoms with E-state index in [0.717, 1.165) is 22.2 Å². The van der Waals surface area contributed by atoms with E-state index in [4.69, 9.17) is 36.2 Å². The van der Waals surface area contributed by atoms with Crippen molar-refractivity contribution >= 4 is 57.6 Å². The lowest BCUT2D eigenvalue weighted by Crippen LogP contribution is -2.47. The van der Waals surface area contributed by atoms with Gasteiger partial charge in [-0.1, -0.05) is 5.92 Å². The van der Waals surface area contributed by atoms with Crippen molar-refractivity contribution in [1.29, 1.82) is 0 Å². The van der Waals surface area contributed by atoms with Crippen LogP contribution < -0.4 is 31.5 Å². The lowest BCUT2D eigenvalue weighted by atomic mass is 10.2. The third-order valence-corrected chi connectivity index (χ3v) is 10.8. The van der Waals surface area contributed by atoms with E-state index < -0.39 is 6.09 Å². The van der Waals surface area contributed by atoms with Crippen LogP contribution >= 0.6 is 0 Å². The SMILES string of the molecule is C#CCOC(=O)NCCOCCOCCOCCOCCC(=O)NCc1cnc(N2CCN(c3ncc(C(=O)NCCCCn4nc(-c5cc6cc(O)ccc6[nH]5)c5c(N)ncnc54)cn3)CC2)nc1. The third kappa shape index (κ3) is 14.6. The minimum atomic E-state index is -0.585. The van der Waals surface area contributed by atoms with Crippen LogP contribution in [0.3, 0.4) is 0 Å². The Balaban J connectivity index is 0.716.